The summed E-state index contributed by atoms with van der Waals surface area (Å²) in [6.45, 7) is 3.98. The second-order valence-electron chi connectivity index (χ2n) is 4.02. The fraction of sp³-hybridized carbons (Fsp3) is 0.615. The third-order valence-corrected chi connectivity index (χ3v) is 2.71. The SMILES string of the molecule is CCc1nc(NC)cc(N(CCC#N)CCOC)n1. The number of nitriles is 1. The molecule has 0 aliphatic carbocycles. The third kappa shape index (κ3) is 4.72. The van der Waals surface area contributed by atoms with Crippen LogP contribution in [0.5, 0.6) is 0 Å². The molecule has 0 spiro atoms. The van der Waals surface area contributed by atoms with Crippen LogP contribution in [0.25, 0.3) is 0 Å². The summed E-state index contributed by atoms with van der Waals surface area (Å²) in [5, 5.41) is 11.8. The zero-order chi connectivity index (χ0) is 14.1. The van der Waals surface area contributed by atoms with Gasteiger partial charge in [-0.15, -0.1) is 0 Å². The minimum Gasteiger partial charge on any atom is -0.383 e. The number of nitrogens with zero attached hydrogens (tertiary/aromatic N) is 4. The Morgan fingerprint density at radius 2 is 2.21 bits per heavy atom. The highest BCUT2D eigenvalue weighted by Gasteiger charge is 2.10. The van der Waals surface area contributed by atoms with E-state index in [4.69, 9.17) is 10.00 Å². The van der Waals surface area contributed by atoms with Crippen LogP contribution in [0.2, 0.25) is 0 Å². The van der Waals surface area contributed by atoms with E-state index < -0.39 is 0 Å². The molecule has 0 amide bonds. The van der Waals surface area contributed by atoms with E-state index in [1.165, 1.54) is 0 Å². The summed E-state index contributed by atoms with van der Waals surface area (Å²) in [6, 6.07) is 4.06. The summed E-state index contributed by atoms with van der Waals surface area (Å²) in [6.07, 6.45) is 1.24. The van der Waals surface area contributed by atoms with Crippen molar-refractivity contribution in [3.05, 3.63) is 11.9 Å². The van der Waals surface area contributed by atoms with Gasteiger partial charge in [0.1, 0.15) is 17.5 Å². The predicted molar refractivity (Wildman–Crippen MR) is 75.3 cm³/mol. The van der Waals surface area contributed by atoms with Crippen molar-refractivity contribution in [2.24, 2.45) is 0 Å². The smallest absolute Gasteiger partial charge is 0.134 e. The van der Waals surface area contributed by atoms with Crippen LogP contribution in [0.3, 0.4) is 0 Å². The lowest BCUT2D eigenvalue weighted by Gasteiger charge is -2.23. The first-order chi connectivity index (χ1) is 9.24. The Hall–Kier alpha value is -1.87. The molecular formula is C13H21N5O. The molecule has 104 valence electrons. The molecule has 1 aromatic heterocycles. The van der Waals surface area contributed by atoms with Crippen molar-refractivity contribution in [2.75, 3.05) is 44.1 Å². The van der Waals surface area contributed by atoms with Crippen molar-refractivity contribution >= 4 is 11.6 Å². The van der Waals surface area contributed by atoms with Gasteiger partial charge in [0.05, 0.1) is 19.1 Å². The van der Waals surface area contributed by atoms with Gasteiger partial charge in [-0.25, -0.2) is 9.97 Å². The third-order valence-electron chi connectivity index (χ3n) is 2.71. The lowest BCUT2D eigenvalue weighted by atomic mass is 10.3. The Bertz CT molecular complexity index is 407. The second-order valence-corrected chi connectivity index (χ2v) is 4.02. The molecule has 19 heavy (non-hydrogen) atoms. The molecule has 0 aromatic carbocycles. The minimum atomic E-state index is 0.462. The normalized spacial score (nSPS) is 10.0. The highest BCUT2D eigenvalue weighted by atomic mass is 16.5. The molecule has 1 N–H and O–H groups in total. The fourth-order valence-electron chi connectivity index (χ4n) is 1.66. The summed E-state index contributed by atoms with van der Waals surface area (Å²) in [5.74, 6) is 2.42. The van der Waals surface area contributed by atoms with E-state index in [0.717, 1.165) is 23.9 Å². The molecule has 6 nitrogen and oxygen atoms in total. The fourth-order valence-corrected chi connectivity index (χ4v) is 1.66. The van der Waals surface area contributed by atoms with Gasteiger partial charge >= 0.3 is 0 Å². The average molecular weight is 263 g/mol. The van der Waals surface area contributed by atoms with Crippen LogP contribution < -0.4 is 10.2 Å². The van der Waals surface area contributed by atoms with Gasteiger partial charge in [-0.1, -0.05) is 6.92 Å². The number of aromatic nitrogens is 2. The molecule has 0 atom stereocenters. The number of aryl methyl sites for hydroxylation is 1. The van der Waals surface area contributed by atoms with E-state index in [1.54, 1.807) is 7.11 Å². The standard InChI is InChI=1S/C13H21N5O/c1-4-11-16-12(15-2)10-13(17-11)18(7-5-6-14)8-9-19-3/h10H,4-5,7-9H2,1-3H3,(H,15,16,17). The van der Waals surface area contributed by atoms with Crippen LogP contribution in [-0.4, -0.2) is 43.8 Å². The van der Waals surface area contributed by atoms with E-state index in [9.17, 15) is 0 Å². The van der Waals surface area contributed by atoms with Gasteiger partial charge < -0.3 is 15.0 Å². The molecule has 6 heteroatoms. The number of anilines is 2. The lowest BCUT2D eigenvalue weighted by Crippen LogP contribution is -2.29. The highest BCUT2D eigenvalue weighted by Crippen LogP contribution is 2.16. The van der Waals surface area contributed by atoms with Crippen LogP contribution in [-0.2, 0) is 11.2 Å². The Labute approximate surface area is 114 Å². The number of methoxy groups -OCH3 is 1. The average Bonchev–Trinajstić information content (AvgIpc) is 2.46. The van der Waals surface area contributed by atoms with Gasteiger partial charge in [0.2, 0.25) is 0 Å². The molecule has 0 aliphatic rings. The number of rotatable bonds is 8. The molecule has 0 bridgehead atoms. The number of hydrogen-bond donors (Lipinski definition) is 1. The van der Waals surface area contributed by atoms with E-state index >= 15 is 0 Å². The number of ether oxygens (including phenoxy) is 1. The minimum absolute atomic E-state index is 0.462. The molecule has 0 aliphatic heterocycles. The highest BCUT2D eigenvalue weighted by molar-refractivity contribution is 5.49. The largest absolute Gasteiger partial charge is 0.383 e. The molecular weight excluding hydrogens is 242 g/mol. The van der Waals surface area contributed by atoms with Crippen LogP contribution in [0.1, 0.15) is 19.2 Å². The first-order valence-electron chi connectivity index (χ1n) is 6.41. The number of hydrogen-bond acceptors (Lipinski definition) is 6. The van der Waals surface area contributed by atoms with Crippen LogP contribution >= 0.6 is 0 Å². The van der Waals surface area contributed by atoms with E-state index in [2.05, 4.69) is 26.3 Å². The monoisotopic (exact) mass is 263 g/mol. The Morgan fingerprint density at radius 3 is 2.79 bits per heavy atom. The van der Waals surface area contributed by atoms with Crippen molar-refractivity contribution in [3.8, 4) is 6.07 Å². The maximum Gasteiger partial charge on any atom is 0.134 e. The van der Waals surface area contributed by atoms with Crippen molar-refractivity contribution in [2.45, 2.75) is 19.8 Å². The summed E-state index contributed by atoms with van der Waals surface area (Å²) in [5.41, 5.74) is 0. The van der Waals surface area contributed by atoms with Crippen LogP contribution in [0, 0.1) is 11.3 Å². The van der Waals surface area contributed by atoms with Gasteiger partial charge in [0, 0.05) is 39.7 Å². The lowest BCUT2D eigenvalue weighted by molar-refractivity contribution is 0.205. The zero-order valence-electron chi connectivity index (χ0n) is 11.8. The van der Waals surface area contributed by atoms with Gasteiger partial charge in [-0.2, -0.15) is 5.26 Å². The summed E-state index contributed by atoms with van der Waals surface area (Å²) in [4.78, 5) is 10.9. The van der Waals surface area contributed by atoms with Gasteiger partial charge in [-0.3, -0.25) is 0 Å². The summed E-state index contributed by atoms with van der Waals surface area (Å²) in [7, 11) is 3.50. The molecule has 1 aromatic rings. The molecule has 0 saturated heterocycles. The van der Waals surface area contributed by atoms with E-state index in [-0.39, 0.29) is 0 Å². The van der Waals surface area contributed by atoms with Gasteiger partial charge in [0.15, 0.2) is 0 Å². The maximum absolute atomic E-state index is 8.74. The Morgan fingerprint density at radius 1 is 1.42 bits per heavy atom. The topological polar surface area (TPSA) is 74.1 Å². The quantitative estimate of drug-likeness (QED) is 0.765. The molecule has 0 unspecified atom stereocenters. The van der Waals surface area contributed by atoms with E-state index in [1.807, 2.05) is 20.0 Å². The summed E-state index contributed by atoms with van der Waals surface area (Å²) < 4.78 is 5.10. The van der Waals surface area contributed by atoms with Crippen molar-refractivity contribution in [3.63, 3.8) is 0 Å². The van der Waals surface area contributed by atoms with Crippen molar-refractivity contribution in [1.82, 2.24) is 9.97 Å². The zero-order valence-corrected chi connectivity index (χ0v) is 11.8. The maximum atomic E-state index is 8.74. The molecule has 0 fully saturated rings. The Balaban J connectivity index is 2.95. The van der Waals surface area contributed by atoms with Crippen molar-refractivity contribution < 1.29 is 4.74 Å². The predicted octanol–water partition coefficient (Wildman–Crippen LogP) is 1.45. The van der Waals surface area contributed by atoms with Gasteiger partial charge in [-0.05, 0) is 0 Å². The molecule has 1 heterocycles. The first kappa shape index (κ1) is 15.2. The first-order valence-corrected chi connectivity index (χ1v) is 6.41. The molecule has 0 saturated carbocycles. The second kappa shape index (κ2) is 8.27. The van der Waals surface area contributed by atoms with Crippen LogP contribution in [0.15, 0.2) is 6.07 Å². The summed E-state index contributed by atoms with van der Waals surface area (Å²) >= 11 is 0. The molecule has 0 radical (unpaired) electrons. The van der Waals surface area contributed by atoms with Crippen LogP contribution in [0.4, 0.5) is 11.6 Å². The van der Waals surface area contributed by atoms with E-state index in [0.29, 0.717) is 26.1 Å². The van der Waals surface area contributed by atoms with Gasteiger partial charge in [0.25, 0.3) is 0 Å². The van der Waals surface area contributed by atoms with Crippen molar-refractivity contribution in [1.29, 1.82) is 5.26 Å². The molecule has 1 rings (SSSR count). The Kier molecular flexibility index (Phi) is 6.61. The number of nitrogens with one attached hydrogen (secondary N) is 1.